The molecule has 140 valence electrons. The number of para-hydroxylation sites is 1. The van der Waals surface area contributed by atoms with Crippen molar-refractivity contribution in [3.63, 3.8) is 0 Å². The van der Waals surface area contributed by atoms with Gasteiger partial charge in [0.15, 0.2) is 5.75 Å². The molecule has 0 N–H and O–H groups in total. The first-order valence-electron chi connectivity index (χ1n) is 9.20. The van der Waals surface area contributed by atoms with Gasteiger partial charge in [0.1, 0.15) is 5.75 Å². The van der Waals surface area contributed by atoms with Crippen molar-refractivity contribution >= 4 is 16.8 Å². The van der Waals surface area contributed by atoms with E-state index in [4.69, 9.17) is 14.2 Å². The highest BCUT2D eigenvalue weighted by molar-refractivity contribution is 5.97. The van der Waals surface area contributed by atoms with Crippen molar-refractivity contribution in [3.8, 4) is 11.5 Å². The second-order valence-corrected chi connectivity index (χ2v) is 6.65. The molecule has 4 rings (SSSR count). The van der Waals surface area contributed by atoms with Crippen molar-refractivity contribution in [2.75, 3.05) is 13.7 Å². The maximum Gasteiger partial charge on any atom is 0.228 e. The molecule has 0 bridgehead atoms. The van der Waals surface area contributed by atoms with E-state index < -0.39 is 0 Å². The SMILES string of the molecule is CCOC1CC(c2ccc(OC)cc2)c2c(c3ccccc3n2C(C)=O)O1. The summed E-state index contributed by atoms with van der Waals surface area (Å²) in [5.74, 6) is 1.52. The maximum atomic E-state index is 12.5. The van der Waals surface area contributed by atoms with Gasteiger partial charge in [-0.1, -0.05) is 24.3 Å². The van der Waals surface area contributed by atoms with Crippen LogP contribution in [0, 0.1) is 0 Å². The summed E-state index contributed by atoms with van der Waals surface area (Å²) in [6.07, 6.45) is 0.303. The fraction of sp³-hybridized carbons (Fsp3) is 0.318. The first-order chi connectivity index (χ1) is 13.1. The molecular formula is C22H23NO4. The molecule has 1 aromatic heterocycles. The normalized spacial score (nSPS) is 18.8. The molecule has 2 unspecified atom stereocenters. The highest BCUT2D eigenvalue weighted by Crippen LogP contribution is 2.46. The van der Waals surface area contributed by atoms with Crippen LogP contribution >= 0.6 is 0 Å². The number of fused-ring (bicyclic) bond motifs is 3. The molecule has 1 aliphatic heterocycles. The van der Waals surface area contributed by atoms with Crippen molar-refractivity contribution in [3.05, 3.63) is 59.8 Å². The Morgan fingerprint density at radius 3 is 2.59 bits per heavy atom. The number of benzene rings is 2. The smallest absolute Gasteiger partial charge is 0.228 e. The molecule has 0 spiro atoms. The van der Waals surface area contributed by atoms with E-state index in [9.17, 15) is 4.79 Å². The number of rotatable bonds is 4. The lowest BCUT2D eigenvalue weighted by Gasteiger charge is -2.31. The molecule has 1 aliphatic rings. The van der Waals surface area contributed by atoms with Gasteiger partial charge in [-0.3, -0.25) is 9.36 Å². The molecule has 0 saturated carbocycles. The topological polar surface area (TPSA) is 49.7 Å². The molecule has 0 saturated heterocycles. The quantitative estimate of drug-likeness (QED) is 0.679. The van der Waals surface area contributed by atoms with Gasteiger partial charge in [-0.2, -0.15) is 0 Å². The first-order valence-corrected chi connectivity index (χ1v) is 9.20. The number of carbonyl (C=O) groups excluding carboxylic acids is 1. The third kappa shape index (κ3) is 2.98. The maximum absolute atomic E-state index is 12.5. The van der Waals surface area contributed by atoms with Gasteiger partial charge in [0.25, 0.3) is 0 Å². The fourth-order valence-electron chi connectivity index (χ4n) is 3.91. The van der Waals surface area contributed by atoms with Crippen LogP contribution < -0.4 is 9.47 Å². The summed E-state index contributed by atoms with van der Waals surface area (Å²) in [5.41, 5.74) is 2.87. The summed E-state index contributed by atoms with van der Waals surface area (Å²) in [7, 11) is 1.65. The van der Waals surface area contributed by atoms with Crippen LogP contribution in [0.25, 0.3) is 10.9 Å². The molecule has 3 aromatic rings. The van der Waals surface area contributed by atoms with Crippen LogP contribution in [0.15, 0.2) is 48.5 Å². The molecule has 2 atom stereocenters. The van der Waals surface area contributed by atoms with E-state index >= 15 is 0 Å². The van der Waals surface area contributed by atoms with E-state index in [1.165, 1.54) is 0 Å². The van der Waals surface area contributed by atoms with Gasteiger partial charge in [-0.25, -0.2) is 0 Å². The molecule has 2 aromatic carbocycles. The lowest BCUT2D eigenvalue weighted by molar-refractivity contribution is -0.0890. The van der Waals surface area contributed by atoms with Crippen molar-refractivity contribution in [2.24, 2.45) is 0 Å². The van der Waals surface area contributed by atoms with Crippen LogP contribution in [0.3, 0.4) is 0 Å². The van der Waals surface area contributed by atoms with Gasteiger partial charge in [0.05, 0.1) is 18.3 Å². The Balaban J connectivity index is 1.93. The van der Waals surface area contributed by atoms with E-state index in [-0.39, 0.29) is 18.1 Å². The van der Waals surface area contributed by atoms with Crippen molar-refractivity contribution in [1.29, 1.82) is 0 Å². The molecule has 0 fully saturated rings. The molecule has 0 amide bonds. The summed E-state index contributed by atoms with van der Waals surface area (Å²) in [5, 5.41) is 0.936. The number of methoxy groups -OCH3 is 1. The number of ether oxygens (including phenoxy) is 3. The van der Waals surface area contributed by atoms with Crippen LogP contribution in [0.5, 0.6) is 11.5 Å². The average Bonchev–Trinajstić information content (AvgIpc) is 3.02. The van der Waals surface area contributed by atoms with Gasteiger partial charge in [-0.05, 0) is 36.8 Å². The summed E-state index contributed by atoms with van der Waals surface area (Å²) in [6, 6.07) is 15.8. The lowest BCUT2D eigenvalue weighted by atomic mass is 9.89. The minimum atomic E-state index is -0.346. The third-order valence-electron chi connectivity index (χ3n) is 5.06. The average molecular weight is 365 g/mol. The minimum absolute atomic E-state index is 0.00694. The number of nitrogens with zero attached hydrogens (tertiary/aromatic N) is 1. The first kappa shape index (κ1) is 17.6. The van der Waals surface area contributed by atoms with Crippen LogP contribution in [0.2, 0.25) is 0 Å². The molecule has 0 aliphatic carbocycles. The Bertz CT molecular complexity index is 974. The number of carbonyl (C=O) groups is 1. The van der Waals surface area contributed by atoms with Gasteiger partial charge in [0.2, 0.25) is 12.2 Å². The molecule has 27 heavy (non-hydrogen) atoms. The molecule has 0 radical (unpaired) electrons. The Morgan fingerprint density at radius 1 is 1.19 bits per heavy atom. The highest BCUT2D eigenvalue weighted by atomic mass is 16.7. The zero-order valence-electron chi connectivity index (χ0n) is 15.8. The highest BCUT2D eigenvalue weighted by Gasteiger charge is 2.36. The predicted octanol–water partition coefficient (Wildman–Crippen LogP) is 4.59. The second-order valence-electron chi connectivity index (χ2n) is 6.65. The third-order valence-corrected chi connectivity index (χ3v) is 5.06. The molecule has 5 heteroatoms. The zero-order chi connectivity index (χ0) is 19.0. The molecule has 2 heterocycles. The van der Waals surface area contributed by atoms with Crippen molar-refractivity contribution in [1.82, 2.24) is 4.57 Å². The van der Waals surface area contributed by atoms with E-state index in [1.807, 2.05) is 55.5 Å². The van der Waals surface area contributed by atoms with Crippen LogP contribution in [0.1, 0.15) is 42.2 Å². The van der Waals surface area contributed by atoms with E-state index in [1.54, 1.807) is 18.6 Å². The largest absolute Gasteiger partial charge is 0.497 e. The summed E-state index contributed by atoms with van der Waals surface area (Å²) in [6.45, 7) is 4.12. The van der Waals surface area contributed by atoms with Gasteiger partial charge < -0.3 is 14.2 Å². The van der Waals surface area contributed by atoms with Crippen LogP contribution in [-0.4, -0.2) is 30.5 Å². The molecule has 5 nitrogen and oxygen atoms in total. The van der Waals surface area contributed by atoms with Crippen LogP contribution in [-0.2, 0) is 4.74 Å². The Labute approximate surface area is 158 Å². The van der Waals surface area contributed by atoms with Gasteiger partial charge in [-0.15, -0.1) is 0 Å². The Hall–Kier alpha value is -2.79. The minimum Gasteiger partial charge on any atom is -0.497 e. The molecular weight excluding hydrogens is 342 g/mol. The van der Waals surface area contributed by atoms with Gasteiger partial charge >= 0.3 is 0 Å². The Kier molecular flexibility index (Phi) is 4.62. The lowest BCUT2D eigenvalue weighted by Crippen LogP contribution is -2.30. The number of hydrogen-bond acceptors (Lipinski definition) is 4. The van der Waals surface area contributed by atoms with E-state index in [2.05, 4.69) is 0 Å². The predicted molar refractivity (Wildman–Crippen MR) is 104 cm³/mol. The van der Waals surface area contributed by atoms with Crippen molar-refractivity contribution < 1.29 is 19.0 Å². The Morgan fingerprint density at radius 2 is 1.93 bits per heavy atom. The van der Waals surface area contributed by atoms with Crippen LogP contribution in [0.4, 0.5) is 0 Å². The summed E-state index contributed by atoms with van der Waals surface area (Å²) >= 11 is 0. The monoisotopic (exact) mass is 365 g/mol. The van der Waals surface area contributed by atoms with Crippen molar-refractivity contribution in [2.45, 2.75) is 32.5 Å². The summed E-state index contributed by atoms with van der Waals surface area (Å²) < 4.78 is 19.1. The number of hydrogen-bond donors (Lipinski definition) is 0. The summed E-state index contributed by atoms with van der Waals surface area (Å²) in [4.78, 5) is 12.5. The zero-order valence-corrected chi connectivity index (χ0v) is 15.8. The second kappa shape index (κ2) is 7.08. The fourth-order valence-corrected chi connectivity index (χ4v) is 3.91. The van der Waals surface area contributed by atoms with E-state index in [0.717, 1.165) is 33.7 Å². The standard InChI is InChI=1S/C22H23NO4/c1-4-26-20-13-18(15-9-11-16(25-3)12-10-15)21-22(27-20)17-7-5-6-8-19(17)23(21)14(2)24/h5-12,18,20H,4,13H2,1-3H3. The van der Waals surface area contributed by atoms with Gasteiger partial charge in [0, 0.05) is 31.3 Å². The van der Waals surface area contributed by atoms with E-state index in [0.29, 0.717) is 13.0 Å². The number of aromatic nitrogens is 1.